The van der Waals surface area contributed by atoms with Crippen molar-refractivity contribution in [1.82, 2.24) is 0 Å². The summed E-state index contributed by atoms with van der Waals surface area (Å²) in [5.74, 6) is 0.775. The number of benzene rings is 1. The SMILES string of the molecule is CCCCCCCC(CC)c1ccc(C)cc1. The Kier molecular flexibility index (Phi) is 7.00. The van der Waals surface area contributed by atoms with Gasteiger partial charge in [-0.15, -0.1) is 0 Å². The Hall–Kier alpha value is -0.780. The van der Waals surface area contributed by atoms with E-state index in [-0.39, 0.29) is 0 Å². The topological polar surface area (TPSA) is 0 Å². The summed E-state index contributed by atoms with van der Waals surface area (Å²) in [6.07, 6.45) is 9.61. The first-order valence-corrected chi connectivity index (χ1v) is 7.34. The van der Waals surface area contributed by atoms with Crippen LogP contribution < -0.4 is 0 Å². The summed E-state index contributed by atoms with van der Waals surface area (Å²) in [4.78, 5) is 0. The molecule has 0 saturated heterocycles. The van der Waals surface area contributed by atoms with Gasteiger partial charge in [-0.2, -0.15) is 0 Å². The monoisotopic (exact) mass is 232 g/mol. The van der Waals surface area contributed by atoms with E-state index < -0.39 is 0 Å². The van der Waals surface area contributed by atoms with Crippen molar-refractivity contribution in [2.75, 3.05) is 0 Å². The third-order valence-electron chi connectivity index (χ3n) is 3.70. The van der Waals surface area contributed by atoms with Crippen molar-refractivity contribution >= 4 is 0 Å². The highest BCUT2D eigenvalue weighted by Crippen LogP contribution is 2.26. The van der Waals surface area contributed by atoms with Crippen molar-refractivity contribution in [1.29, 1.82) is 0 Å². The minimum Gasteiger partial charge on any atom is -0.0654 e. The van der Waals surface area contributed by atoms with Crippen LogP contribution in [0.5, 0.6) is 0 Å². The summed E-state index contributed by atoms with van der Waals surface area (Å²) >= 11 is 0. The van der Waals surface area contributed by atoms with E-state index in [9.17, 15) is 0 Å². The van der Waals surface area contributed by atoms with Crippen molar-refractivity contribution in [2.24, 2.45) is 0 Å². The molecule has 0 heterocycles. The number of rotatable bonds is 8. The molecule has 0 aliphatic rings. The zero-order chi connectivity index (χ0) is 12.5. The molecule has 0 nitrogen and oxygen atoms in total. The van der Waals surface area contributed by atoms with E-state index in [0.717, 1.165) is 5.92 Å². The number of aryl methyl sites for hydroxylation is 1. The Morgan fingerprint density at radius 3 is 2.12 bits per heavy atom. The maximum Gasteiger partial charge on any atom is -0.0165 e. The van der Waals surface area contributed by atoms with E-state index in [2.05, 4.69) is 45.0 Å². The van der Waals surface area contributed by atoms with E-state index in [1.54, 1.807) is 0 Å². The Labute approximate surface area is 107 Å². The molecule has 1 atom stereocenters. The van der Waals surface area contributed by atoms with Gasteiger partial charge in [-0.05, 0) is 31.2 Å². The zero-order valence-corrected chi connectivity index (χ0v) is 11.8. The maximum absolute atomic E-state index is 2.32. The van der Waals surface area contributed by atoms with E-state index in [1.807, 2.05) is 0 Å². The maximum atomic E-state index is 2.32. The highest BCUT2D eigenvalue weighted by atomic mass is 14.1. The second kappa shape index (κ2) is 8.33. The molecule has 0 saturated carbocycles. The molecule has 0 aliphatic carbocycles. The van der Waals surface area contributed by atoms with Crippen molar-refractivity contribution in [2.45, 2.75) is 71.6 Å². The molecule has 0 aromatic heterocycles. The van der Waals surface area contributed by atoms with Gasteiger partial charge in [0.2, 0.25) is 0 Å². The van der Waals surface area contributed by atoms with E-state index >= 15 is 0 Å². The Bertz CT molecular complexity index is 283. The molecule has 0 radical (unpaired) electrons. The normalized spacial score (nSPS) is 12.6. The lowest BCUT2D eigenvalue weighted by Gasteiger charge is -2.15. The second-order valence-electron chi connectivity index (χ2n) is 5.22. The van der Waals surface area contributed by atoms with Crippen LogP contribution in [0.2, 0.25) is 0 Å². The van der Waals surface area contributed by atoms with Gasteiger partial charge < -0.3 is 0 Å². The third-order valence-corrected chi connectivity index (χ3v) is 3.70. The van der Waals surface area contributed by atoms with Gasteiger partial charge in [0, 0.05) is 0 Å². The van der Waals surface area contributed by atoms with Gasteiger partial charge in [-0.25, -0.2) is 0 Å². The minimum absolute atomic E-state index is 0.775. The van der Waals surface area contributed by atoms with Crippen LogP contribution in [0, 0.1) is 6.92 Å². The summed E-state index contributed by atoms with van der Waals surface area (Å²) in [7, 11) is 0. The Morgan fingerprint density at radius 2 is 1.53 bits per heavy atom. The molecule has 1 rings (SSSR count). The van der Waals surface area contributed by atoms with Crippen LogP contribution in [0.25, 0.3) is 0 Å². The van der Waals surface area contributed by atoms with Crippen molar-refractivity contribution < 1.29 is 0 Å². The van der Waals surface area contributed by atoms with Crippen LogP contribution >= 0.6 is 0 Å². The molecule has 96 valence electrons. The fourth-order valence-corrected chi connectivity index (χ4v) is 2.44. The van der Waals surface area contributed by atoms with E-state index in [4.69, 9.17) is 0 Å². The fraction of sp³-hybridized carbons (Fsp3) is 0.647. The highest BCUT2D eigenvalue weighted by Gasteiger charge is 2.08. The fourth-order valence-electron chi connectivity index (χ4n) is 2.44. The van der Waals surface area contributed by atoms with Crippen LogP contribution in [0.15, 0.2) is 24.3 Å². The molecule has 0 heteroatoms. The molecule has 0 bridgehead atoms. The van der Waals surface area contributed by atoms with E-state index in [1.165, 1.54) is 56.1 Å². The third kappa shape index (κ3) is 5.39. The summed E-state index contributed by atoms with van der Waals surface area (Å²) in [6, 6.07) is 9.12. The lowest BCUT2D eigenvalue weighted by Crippen LogP contribution is -1.97. The minimum atomic E-state index is 0.775. The van der Waals surface area contributed by atoms with Gasteiger partial charge in [0.15, 0.2) is 0 Å². The van der Waals surface area contributed by atoms with Gasteiger partial charge in [0.25, 0.3) is 0 Å². The molecule has 0 amide bonds. The van der Waals surface area contributed by atoms with Crippen LogP contribution in [-0.4, -0.2) is 0 Å². The lowest BCUT2D eigenvalue weighted by atomic mass is 9.90. The molecule has 0 N–H and O–H groups in total. The van der Waals surface area contributed by atoms with Crippen LogP contribution in [-0.2, 0) is 0 Å². The average Bonchev–Trinajstić information content (AvgIpc) is 2.35. The smallest absolute Gasteiger partial charge is 0.0165 e. The van der Waals surface area contributed by atoms with Crippen LogP contribution in [0.3, 0.4) is 0 Å². The van der Waals surface area contributed by atoms with Crippen molar-refractivity contribution in [3.8, 4) is 0 Å². The summed E-state index contributed by atoms with van der Waals surface area (Å²) in [5.41, 5.74) is 2.90. The largest absolute Gasteiger partial charge is 0.0654 e. The Morgan fingerprint density at radius 1 is 0.882 bits per heavy atom. The highest BCUT2D eigenvalue weighted by molar-refractivity contribution is 5.24. The van der Waals surface area contributed by atoms with Crippen LogP contribution in [0.4, 0.5) is 0 Å². The summed E-state index contributed by atoms with van der Waals surface area (Å²) < 4.78 is 0. The second-order valence-corrected chi connectivity index (χ2v) is 5.22. The predicted molar refractivity (Wildman–Crippen MR) is 77.6 cm³/mol. The van der Waals surface area contributed by atoms with Gasteiger partial charge in [-0.3, -0.25) is 0 Å². The molecule has 1 aromatic rings. The first-order valence-electron chi connectivity index (χ1n) is 7.34. The number of unbranched alkanes of at least 4 members (excludes halogenated alkanes) is 4. The lowest BCUT2D eigenvalue weighted by molar-refractivity contribution is 0.535. The first kappa shape index (κ1) is 14.3. The molecule has 0 fully saturated rings. The predicted octanol–water partition coefficient (Wildman–Crippen LogP) is 5.85. The van der Waals surface area contributed by atoms with Gasteiger partial charge >= 0.3 is 0 Å². The molecular weight excluding hydrogens is 204 g/mol. The summed E-state index contributed by atoms with van der Waals surface area (Å²) in [5, 5.41) is 0. The van der Waals surface area contributed by atoms with Crippen LogP contribution in [0.1, 0.15) is 75.8 Å². The van der Waals surface area contributed by atoms with Crippen molar-refractivity contribution in [3.63, 3.8) is 0 Å². The van der Waals surface area contributed by atoms with E-state index in [0.29, 0.717) is 0 Å². The van der Waals surface area contributed by atoms with Gasteiger partial charge in [0.05, 0.1) is 0 Å². The standard InChI is InChI=1S/C17H28/c1-4-6-7-8-9-10-16(5-2)17-13-11-15(3)12-14-17/h11-14,16H,4-10H2,1-3H3. The number of hydrogen-bond acceptors (Lipinski definition) is 0. The molecule has 1 aromatic carbocycles. The molecule has 0 aliphatic heterocycles. The van der Waals surface area contributed by atoms with Gasteiger partial charge in [-0.1, -0.05) is 75.8 Å². The van der Waals surface area contributed by atoms with Crippen molar-refractivity contribution in [3.05, 3.63) is 35.4 Å². The molecule has 0 spiro atoms. The molecule has 17 heavy (non-hydrogen) atoms. The average molecular weight is 232 g/mol. The first-order chi connectivity index (χ1) is 8.27. The number of hydrogen-bond donors (Lipinski definition) is 0. The zero-order valence-electron chi connectivity index (χ0n) is 11.8. The summed E-state index contributed by atoms with van der Waals surface area (Å²) in [6.45, 7) is 6.76. The quantitative estimate of drug-likeness (QED) is 0.493. The van der Waals surface area contributed by atoms with Gasteiger partial charge in [0.1, 0.15) is 0 Å². The molecular formula is C17H28. The molecule has 1 unspecified atom stereocenters. The Balaban J connectivity index is 2.35.